The number of rotatable bonds is 7. The third kappa shape index (κ3) is 4.86. The molecule has 118 valence electrons. The number of hydrogen-bond donors (Lipinski definition) is 1. The monoisotopic (exact) mass is 359 g/mol. The van der Waals surface area contributed by atoms with E-state index in [1.165, 1.54) is 11.8 Å². The van der Waals surface area contributed by atoms with Crippen molar-refractivity contribution in [2.45, 2.75) is 18.0 Å². The van der Waals surface area contributed by atoms with Crippen LogP contribution in [0.25, 0.3) is 0 Å². The largest absolute Gasteiger partial charge is 0.356 e. The van der Waals surface area contributed by atoms with Gasteiger partial charge in [-0.1, -0.05) is 47.1 Å². The van der Waals surface area contributed by atoms with Crippen LogP contribution < -0.4 is 5.32 Å². The Morgan fingerprint density at radius 2 is 2.23 bits per heavy atom. The zero-order valence-electron chi connectivity index (χ0n) is 11.9. The number of halogens is 2. The maximum Gasteiger partial charge on any atom is 0.220 e. The normalized spacial score (nSPS) is 10.7. The van der Waals surface area contributed by atoms with Crippen LogP contribution in [0, 0.1) is 0 Å². The maximum atomic E-state index is 11.8. The van der Waals surface area contributed by atoms with Gasteiger partial charge in [-0.25, -0.2) is 4.68 Å². The second-order valence-electron chi connectivity index (χ2n) is 4.50. The molecule has 1 aromatic heterocycles. The topological polar surface area (TPSA) is 72.7 Å². The SMILES string of the molecule is Cn1nnnc1SCCC(=O)NCCc1cccc(Cl)c1Cl. The molecule has 1 N–H and O–H groups in total. The van der Waals surface area contributed by atoms with Crippen molar-refractivity contribution in [1.29, 1.82) is 0 Å². The Morgan fingerprint density at radius 3 is 2.95 bits per heavy atom. The molecule has 0 aliphatic carbocycles. The van der Waals surface area contributed by atoms with Gasteiger partial charge in [-0.05, 0) is 28.5 Å². The van der Waals surface area contributed by atoms with Crippen molar-refractivity contribution < 1.29 is 4.79 Å². The zero-order valence-corrected chi connectivity index (χ0v) is 14.3. The van der Waals surface area contributed by atoms with E-state index in [1.807, 2.05) is 12.1 Å². The number of carbonyl (C=O) groups excluding carboxylic acids is 1. The molecule has 2 aromatic rings. The number of amides is 1. The van der Waals surface area contributed by atoms with Crippen LogP contribution in [0.15, 0.2) is 23.4 Å². The van der Waals surface area contributed by atoms with Gasteiger partial charge in [0, 0.05) is 25.8 Å². The van der Waals surface area contributed by atoms with E-state index in [4.69, 9.17) is 23.2 Å². The molecule has 0 saturated heterocycles. The molecule has 0 aliphatic heterocycles. The fourth-order valence-electron chi connectivity index (χ4n) is 1.75. The summed E-state index contributed by atoms with van der Waals surface area (Å²) in [7, 11) is 1.76. The van der Waals surface area contributed by atoms with Gasteiger partial charge in [0.15, 0.2) is 0 Å². The lowest BCUT2D eigenvalue weighted by Gasteiger charge is -2.07. The van der Waals surface area contributed by atoms with Gasteiger partial charge in [0.2, 0.25) is 11.1 Å². The van der Waals surface area contributed by atoms with Crippen molar-refractivity contribution in [3.8, 4) is 0 Å². The molecule has 0 fully saturated rings. The molecule has 0 unspecified atom stereocenters. The Bertz CT molecular complexity index is 649. The Balaban J connectivity index is 1.67. The quantitative estimate of drug-likeness (QED) is 0.768. The highest BCUT2D eigenvalue weighted by molar-refractivity contribution is 7.99. The van der Waals surface area contributed by atoms with Crippen LogP contribution >= 0.6 is 35.0 Å². The van der Waals surface area contributed by atoms with Gasteiger partial charge in [-0.2, -0.15) is 0 Å². The third-order valence-corrected chi connectivity index (χ3v) is 4.76. The molecule has 0 saturated carbocycles. The molecule has 1 aromatic carbocycles. The predicted molar refractivity (Wildman–Crippen MR) is 87.3 cm³/mol. The van der Waals surface area contributed by atoms with Gasteiger partial charge in [-0.3, -0.25) is 4.79 Å². The molecule has 1 heterocycles. The van der Waals surface area contributed by atoms with Crippen molar-refractivity contribution in [3.63, 3.8) is 0 Å². The van der Waals surface area contributed by atoms with E-state index in [1.54, 1.807) is 17.8 Å². The first-order valence-electron chi connectivity index (χ1n) is 6.62. The van der Waals surface area contributed by atoms with Crippen molar-refractivity contribution >= 4 is 40.9 Å². The van der Waals surface area contributed by atoms with Gasteiger partial charge in [-0.15, -0.1) is 5.10 Å². The van der Waals surface area contributed by atoms with Crippen LogP contribution in [-0.2, 0) is 18.3 Å². The maximum absolute atomic E-state index is 11.8. The second kappa shape index (κ2) is 8.36. The summed E-state index contributed by atoms with van der Waals surface area (Å²) in [5.41, 5.74) is 0.925. The Hall–Kier alpha value is -1.31. The summed E-state index contributed by atoms with van der Waals surface area (Å²) < 4.78 is 1.57. The van der Waals surface area contributed by atoms with Crippen LogP contribution in [0.3, 0.4) is 0 Å². The van der Waals surface area contributed by atoms with Crippen molar-refractivity contribution in [3.05, 3.63) is 33.8 Å². The van der Waals surface area contributed by atoms with Gasteiger partial charge < -0.3 is 5.32 Å². The van der Waals surface area contributed by atoms with Crippen LogP contribution in [0.5, 0.6) is 0 Å². The fourth-order valence-corrected chi connectivity index (χ4v) is 2.95. The molecule has 0 atom stereocenters. The van der Waals surface area contributed by atoms with E-state index in [0.717, 1.165) is 5.56 Å². The Kier molecular flexibility index (Phi) is 6.48. The summed E-state index contributed by atoms with van der Waals surface area (Å²) in [5, 5.41) is 15.7. The number of nitrogens with zero attached hydrogens (tertiary/aromatic N) is 4. The van der Waals surface area contributed by atoms with Crippen molar-refractivity contribution in [2.24, 2.45) is 7.05 Å². The van der Waals surface area contributed by atoms with Crippen LogP contribution in [0.2, 0.25) is 10.0 Å². The number of nitrogens with one attached hydrogen (secondary N) is 1. The lowest BCUT2D eigenvalue weighted by atomic mass is 10.1. The standard InChI is InChI=1S/C13H15Cl2N5OS/c1-20-13(17-18-19-20)22-8-6-11(21)16-7-5-9-3-2-4-10(14)12(9)15/h2-4H,5-8H2,1H3,(H,16,21). The van der Waals surface area contributed by atoms with E-state index in [-0.39, 0.29) is 5.91 Å². The van der Waals surface area contributed by atoms with Crippen LogP contribution in [0.4, 0.5) is 0 Å². The number of aromatic nitrogens is 4. The number of tetrazole rings is 1. The van der Waals surface area contributed by atoms with E-state index in [9.17, 15) is 4.79 Å². The number of aryl methyl sites for hydroxylation is 1. The summed E-state index contributed by atoms with van der Waals surface area (Å²) in [4.78, 5) is 11.8. The van der Waals surface area contributed by atoms with Gasteiger partial charge in [0.25, 0.3) is 0 Å². The minimum absolute atomic E-state index is 0.0132. The third-order valence-electron chi connectivity index (χ3n) is 2.89. The van der Waals surface area contributed by atoms with E-state index < -0.39 is 0 Å². The zero-order chi connectivity index (χ0) is 15.9. The highest BCUT2D eigenvalue weighted by Gasteiger charge is 2.07. The predicted octanol–water partition coefficient (Wildman–Crippen LogP) is 2.36. The summed E-state index contributed by atoms with van der Waals surface area (Å²) in [5.74, 6) is 0.610. The lowest BCUT2D eigenvalue weighted by Crippen LogP contribution is -2.26. The molecule has 22 heavy (non-hydrogen) atoms. The summed E-state index contributed by atoms with van der Waals surface area (Å²) >= 11 is 13.5. The van der Waals surface area contributed by atoms with Crippen molar-refractivity contribution in [1.82, 2.24) is 25.5 Å². The molecule has 0 bridgehead atoms. The van der Waals surface area contributed by atoms with E-state index >= 15 is 0 Å². The molecular formula is C13H15Cl2N5OS. The average Bonchev–Trinajstić information content (AvgIpc) is 2.89. The first-order valence-corrected chi connectivity index (χ1v) is 8.37. The van der Waals surface area contributed by atoms with Gasteiger partial charge >= 0.3 is 0 Å². The molecule has 9 heteroatoms. The smallest absolute Gasteiger partial charge is 0.220 e. The highest BCUT2D eigenvalue weighted by Crippen LogP contribution is 2.25. The lowest BCUT2D eigenvalue weighted by molar-refractivity contribution is -0.120. The van der Waals surface area contributed by atoms with Crippen LogP contribution in [-0.4, -0.2) is 38.4 Å². The second-order valence-corrected chi connectivity index (χ2v) is 6.34. The molecule has 1 amide bonds. The van der Waals surface area contributed by atoms with Gasteiger partial charge in [0.1, 0.15) is 0 Å². The molecular weight excluding hydrogens is 345 g/mol. The minimum Gasteiger partial charge on any atom is -0.356 e. The number of hydrogen-bond acceptors (Lipinski definition) is 5. The summed E-state index contributed by atoms with van der Waals surface area (Å²) in [6.07, 6.45) is 1.05. The molecule has 0 aliphatic rings. The fraction of sp³-hybridized carbons (Fsp3) is 0.385. The molecule has 6 nitrogen and oxygen atoms in total. The van der Waals surface area contributed by atoms with Crippen LogP contribution in [0.1, 0.15) is 12.0 Å². The molecule has 0 radical (unpaired) electrons. The van der Waals surface area contributed by atoms with E-state index in [0.29, 0.717) is 40.3 Å². The Labute approximate surface area is 142 Å². The highest BCUT2D eigenvalue weighted by atomic mass is 35.5. The average molecular weight is 360 g/mol. The van der Waals surface area contributed by atoms with Gasteiger partial charge in [0.05, 0.1) is 10.0 Å². The molecule has 0 spiro atoms. The number of benzene rings is 1. The number of carbonyl (C=O) groups is 1. The Morgan fingerprint density at radius 1 is 1.41 bits per heavy atom. The first kappa shape index (κ1) is 17.1. The van der Waals surface area contributed by atoms with E-state index in [2.05, 4.69) is 20.8 Å². The van der Waals surface area contributed by atoms with Crippen molar-refractivity contribution in [2.75, 3.05) is 12.3 Å². The molecule has 2 rings (SSSR count). The summed E-state index contributed by atoms with van der Waals surface area (Å²) in [6, 6.07) is 5.48. The minimum atomic E-state index is -0.0132. The first-order chi connectivity index (χ1) is 10.6. The summed E-state index contributed by atoms with van der Waals surface area (Å²) in [6.45, 7) is 0.523. The number of thioether (sulfide) groups is 1.